The number of carbonyl (C=O) groups is 2. The number of piperidine rings is 1. The Labute approximate surface area is 197 Å². The van der Waals surface area contributed by atoms with Crippen molar-refractivity contribution >= 4 is 23.6 Å². The summed E-state index contributed by atoms with van der Waals surface area (Å²) in [6.45, 7) is -0.0285. The maximum absolute atomic E-state index is 12.8. The van der Waals surface area contributed by atoms with Crippen molar-refractivity contribution in [2.75, 3.05) is 26.2 Å². The fraction of sp³-hybridized carbons (Fsp3) is 0.600. The van der Waals surface area contributed by atoms with Gasteiger partial charge in [0, 0.05) is 26.2 Å². The molecule has 2 heterocycles. The third-order valence-corrected chi connectivity index (χ3v) is 6.46. The zero-order valence-corrected chi connectivity index (χ0v) is 18.4. The van der Waals surface area contributed by atoms with Crippen LogP contribution in [0.25, 0.3) is 0 Å². The minimum atomic E-state index is -5.82. The lowest BCUT2D eigenvalue weighted by Crippen LogP contribution is -2.50. The summed E-state index contributed by atoms with van der Waals surface area (Å²) in [4.78, 5) is 26.9. The van der Waals surface area contributed by atoms with Gasteiger partial charge in [-0.25, -0.2) is 4.79 Å². The second-order valence-electron chi connectivity index (χ2n) is 8.50. The van der Waals surface area contributed by atoms with Crippen molar-refractivity contribution in [1.29, 1.82) is 0 Å². The Morgan fingerprint density at radius 1 is 0.886 bits per heavy atom. The fourth-order valence-corrected chi connectivity index (χ4v) is 4.47. The van der Waals surface area contributed by atoms with Crippen LogP contribution in [0.15, 0.2) is 18.2 Å². The quantitative estimate of drug-likeness (QED) is 0.438. The second kappa shape index (κ2) is 9.25. The normalized spacial score (nSPS) is 18.9. The maximum atomic E-state index is 12.8. The minimum Gasteiger partial charge on any atom is -0.426 e. The highest BCUT2D eigenvalue weighted by Gasteiger charge is 2.60. The number of halogens is 10. The van der Waals surface area contributed by atoms with E-state index >= 15 is 0 Å². The van der Waals surface area contributed by atoms with Crippen LogP contribution in [-0.4, -0.2) is 66.4 Å². The summed E-state index contributed by atoms with van der Waals surface area (Å²) in [6, 6.07) is 2.33. The molecule has 1 aromatic carbocycles. The first kappa shape index (κ1) is 27.2. The van der Waals surface area contributed by atoms with Crippen LogP contribution >= 0.6 is 11.6 Å². The van der Waals surface area contributed by atoms with Gasteiger partial charge in [-0.1, -0.05) is 11.6 Å². The highest BCUT2D eigenvalue weighted by Crippen LogP contribution is 2.42. The molecule has 0 unspecified atom stereocenters. The number of likely N-dealkylation sites (tertiary alicyclic amines) is 2. The number of rotatable bonds is 2. The standard InChI is InChI=1S/C20H18ClF9N2O3/c21-13-9-11(18(22,23)24)1-2-12(13)14(33)32-8-5-17(10-32)3-6-31(7-4-17)16(34)35-15(19(25,26)27)20(28,29)30/h1-2,9,15H,3-8,10H2. The van der Waals surface area contributed by atoms with E-state index in [4.69, 9.17) is 11.6 Å². The van der Waals surface area contributed by atoms with Crippen molar-refractivity contribution in [3.63, 3.8) is 0 Å². The Morgan fingerprint density at radius 2 is 1.40 bits per heavy atom. The Morgan fingerprint density at radius 3 is 1.86 bits per heavy atom. The lowest BCUT2D eigenvalue weighted by molar-refractivity contribution is -0.308. The summed E-state index contributed by atoms with van der Waals surface area (Å²) in [6.07, 6.45) is -21.5. The zero-order chi connectivity index (χ0) is 26.4. The van der Waals surface area contributed by atoms with Crippen molar-refractivity contribution in [2.45, 2.75) is 43.9 Å². The lowest BCUT2D eigenvalue weighted by atomic mass is 9.78. The van der Waals surface area contributed by atoms with E-state index in [-0.39, 0.29) is 49.6 Å². The third-order valence-electron chi connectivity index (χ3n) is 6.15. The molecule has 0 aromatic heterocycles. The molecule has 2 amide bonds. The van der Waals surface area contributed by atoms with Crippen LogP contribution in [0, 0.1) is 5.41 Å². The van der Waals surface area contributed by atoms with E-state index in [0.717, 1.165) is 17.0 Å². The molecule has 196 valence electrons. The van der Waals surface area contributed by atoms with Crippen LogP contribution in [0.1, 0.15) is 35.2 Å². The monoisotopic (exact) mass is 540 g/mol. The molecule has 2 fully saturated rings. The molecule has 35 heavy (non-hydrogen) atoms. The molecular weight excluding hydrogens is 523 g/mol. The van der Waals surface area contributed by atoms with Gasteiger partial charge in [-0.15, -0.1) is 0 Å². The Bertz CT molecular complexity index is 956. The van der Waals surface area contributed by atoms with Crippen molar-refractivity contribution in [3.8, 4) is 0 Å². The molecule has 15 heteroatoms. The van der Waals surface area contributed by atoms with E-state index in [1.807, 2.05) is 0 Å². The van der Waals surface area contributed by atoms with Gasteiger partial charge in [0.05, 0.1) is 16.1 Å². The molecule has 0 radical (unpaired) electrons. The first-order valence-corrected chi connectivity index (χ1v) is 10.6. The SMILES string of the molecule is O=C(OC(C(F)(F)F)C(F)(F)F)N1CCC2(CC1)CCN(C(=O)c1ccc(C(F)(F)F)cc1Cl)C2. The number of benzene rings is 1. The molecule has 2 saturated heterocycles. The van der Waals surface area contributed by atoms with Crippen LogP contribution in [0.4, 0.5) is 44.3 Å². The van der Waals surface area contributed by atoms with Crippen molar-refractivity contribution in [1.82, 2.24) is 9.80 Å². The van der Waals surface area contributed by atoms with Gasteiger partial charge in [0.25, 0.3) is 12.0 Å². The van der Waals surface area contributed by atoms with Gasteiger partial charge >= 0.3 is 24.6 Å². The average molecular weight is 541 g/mol. The van der Waals surface area contributed by atoms with E-state index in [1.165, 1.54) is 4.90 Å². The number of amides is 2. The Hall–Kier alpha value is -2.38. The highest BCUT2D eigenvalue weighted by atomic mass is 35.5. The fourth-order valence-electron chi connectivity index (χ4n) is 4.21. The number of carbonyl (C=O) groups excluding carboxylic acids is 2. The van der Waals surface area contributed by atoms with Crippen LogP contribution in [0.5, 0.6) is 0 Å². The highest BCUT2D eigenvalue weighted by molar-refractivity contribution is 6.33. The lowest BCUT2D eigenvalue weighted by Gasteiger charge is -2.39. The molecule has 3 rings (SSSR count). The topological polar surface area (TPSA) is 49.9 Å². The third kappa shape index (κ3) is 6.07. The molecule has 2 aliphatic heterocycles. The zero-order valence-electron chi connectivity index (χ0n) is 17.7. The molecule has 1 spiro atoms. The summed E-state index contributed by atoms with van der Waals surface area (Å²) in [5.74, 6) is -0.611. The van der Waals surface area contributed by atoms with E-state index in [2.05, 4.69) is 4.74 Å². The number of hydrogen-bond acceptors (Lipinski definition) is 3. The molecule has 0 aliphatic carbocycles. The summed E-state index contributed by atoms with van der Waals surface area (Å²) < 4.78 is 118. The van der Waals surface area contributed by atoms with Gasteiger partial charge in [-0.3, -0.25) is 4.79 Å². The molecular formula is C20H18ClF9N2O3. The van der Waals surface area contributed by atoms with Gasteiger partial charge < -0.3 is 14.5 Å². The van der Waals surface area contributed by atoms with E-state index in [9.17, 15) is 49.1 Å². The summed E-state index contributed by atoms with van der Waals surface area (Å²) >= 11 is 5.88. The molecule has 5 nitrogen and oxygen atoms in total. The number of hydrogen-bond donors (Lipinski definition) is 0. The first-order valence-electron chi connectivity index (χ1n) is 10.2. The van der Waals surface area contributed by atoms with Gasteiger partial charge in [-0.05, 0) is 42.9 Å². The smallest absolute Gasteiger partial charge is 0.426 e. The number of alkyl halides is 9. The average Bonchev–Trinajstić information content (AvgIpc) is 3.13. The molecule has 0 N–H and O–H groups in total. The summed E-state index contributed by atoms with van der Waals surface area (Å²) in [7, 11) is 0. The van der Waals surface area contributed by atoms with Crippen LogP contribution < -0.4 is 0 Å². The van der Waals surface area contributed by atoms with Gasteiger partial charge in [-0.2, -0.15) is 39.5 Å². The predicted molar refractivity (Wildman–Crippen MR) is 103 cm³/mol. The largest absolute Gasteiger partial charge is 0.434 e. The van der Waals surface area contributed by atoms with Crippen LogP contribution in [0.3, 0.4) is 0 Å². The van der Waals surface area contributed by atoms with Gasteiger partial charge in [0.1, 0.15) is 0 Å². The molecule has 1 aromatic rings. The Kier molecular flexibility index (Phi) is 7.19. The Balaban J connectivity index is 1.61. The molecule has 0 atom stereocenters. The van der Waals surface area contributed by atoms with Crippen molar-refractivity contribution < 1.29 is 53.8 Å². The number of nitrogens with zero attached hydrogens (tertiary/aromatic N) is 2. The maximum Gasteiger partial charge on any atom is 0.434 e. The molecule has 0 bridgehead atoms. The molecule has 0 saturated carbocycles. The van der Waals surface area contributed by atoms with Crippen LogP contribution in [0.2, 0.25) is 5.02 Å². The molecule has 2 aliphatic rings. The van der Waals surface area contributed by atoms with Crippen molar-refractivity contribution in [2.24, 2.45) is 5.41 Å². The first-order chi connectivity index (χ1) is 15.9. The summed E-state index contributed by atoms with van der Waals surface area (Å²) in [5.41, 5.74) is -1.71. The minimum absolute atomic E-state index is 0.136. The van der Waals surface area contributed by atoms with E-state index in [1.54, 1.807) is 0 Å². The van der Waals surface area contributed by atoms with E-state index in [0.29, 0.717) is 12.5 Å². The predicted octanol–water partition coefficient (Wildman–Crippen LogP) is 5.92. The van der Waals surface area contributed by atoms with Gasteiger partial charge in [0.15, 0.2) is 0 Å². The van der Waals surface area contributed by atoms with Gasteiger partial charge in [0.2, 0.25) is 0 Å². The van der Waals surface area contributed by atoms with E-state index < -0.39 is 47.6 Å². The van der Waals surface area contributed by atoms with Crippen LogP contribution in [-0.2, 0) is 10.9 Å². The second-order valence-corrected chi connectivity index (χ2v) is 8.91. The van der Waals surface area contributed by atoms with Crippen molar-refractivity contribution in [3.05, 3.63) is 34.3 Å². The number of ether oxygens (including phenoxy) is 1. The summed E-state index contributed by atoms with van der Waals surface area (Å²) in [5, 5.41) is -0.382.